The van der Waals surface area contributed by atoms with Crippen LogP contribution >= 0.6 is 0 Å². The summed E-state index contributed by atoms with van der Waals surface area (Å²) in [6.45, 7) is 3.39. The Kier molecular flexibility index (Phi) is 5.42. The smallest absolute Gasteiger partial charge is 0.141 e. The number of fused-ring (bicyclic) bond motifs is 2. The van der Waals surface area contributed by atoms with Crippen LogP contribution in [0.2, 0.25) is 0 Å². The number of imidazole rings is 1. The van der Waals surface area contributed by atoms with Crippen LogP contribution in [0.25, 0.3) is 21.9 Å². The summed E-state index contributed by atoms with van der Waals surface area (Å²) in [5.41, 5.74) is 4.72. The van der Waals surface area contributed by atoms with Crippen LogP contribution in [0.1, 0.15) is 12.0 Å². The molecule has 1 aliphatic heterocycles. The van der Waals surface area contributed by atoms with Crippen LogP contribution in [0.3, 0.4) is 0 Å². The van der Waals surface area contributed by atoms with Crippen LogP contribution in [0.15, 0.2) is 67.3 Å². The first-order chi connectivity index (χ1) is 17.1. The lowest BCUT2D eigenvalue weighted by Gasteiger charge is -2.14. The Morgan fingerprint density at radius 2 is 1.89 bits per heavy atom. The van der Waals surface area contributed by atoms with Crippen molar-refractivity contribution in [3.63, 3.8) is 0 Å². The standard InChI is InChI=1S/C27H25N5O3/c1-17-11-18(3-8-26(17)35-20-5-7-25-24(13-20)30-16-32(25)2)31-27-22-12-19(34-21-9-10-33-14-21)4-6-23(22)28-15-29-27/h3-8,11-13,15-16,21H,9-10,14H2,1-2H3,(H,28,29,31)/t21-/m1/s1. The molecule has 1 saturated heterocycles. The molecule has 0 unspecified atom stereocenters. The molecule has 2 aromatic heterocycles. The number of hydrogen-bond donors (Lipinski definition) is 1. The molecule has 0 saturated carbocycles. The number of nitrogens with zero attached hydrogens (tertiary/aromatic N) is 4. The first-order valence-electron chi connectivity index (χ1n) is 11.6. The molecule has 0 spiro atoms. The van der Waals surface area contributed by atoms with Crippen molar-refractivity contribution in [2.45, 2.75) is 19.4 Å². The van der Waals surface area contributed by atoms with Crippen molar-refractivity contribution in [3.8, 4) is 17.2 Å². The van der Waals surface area contributed by atoms with Crippen LogP contribution in [-0.4, -0.2) is 38.8 Å². The highest BCUT2D eigenvalue weighted by atomic mass is 16.5. The Morgan fingerprint density at radius 1 is 0.971 bits per heavy atom. The van der Waals surface area contributed by atoms with E-state index in [4.69, 9.17) is 14.2 Å². The molecule has 0 radical (unpaired) electrons. The number of aryl methyl sites for hydroxylation is 2. The second kappa shape index (κ2) is 8.88. The first kappa shape index (κ1) is 21.4. The molecule has 1 fully saturated rings. The van der Waals surface area contributed by atoms with Crippen molar-refractivity contribution >= 4 is 33.4 Å². The molecule has 3 heterocycles. The Morgan fingerprint density at radius 3 is 2.74 bits per heavy atom. The molecule has 1 aliphatic rings. The molecule has 0 bridgehead atoms. The van der Waals surface area contributed by atoms with E-state index >= 15 is 0 Å². The van der Waals surface area contributed by atoms with E-state index in [1.807, 2.05) is 73.1 Å². The number of anilines is 2. The van der Waals surface area contributed by atoms with Gasteiger partial charge < -0.3 is 24.1 Å². The number of rotatable bonds is 6. The van der Waals surface area contributed by atoms with Gasteiger partial charge in [-0.25, -0.2) is 15.0 Å². The van der Waals surface area contributed by atoms with Gasteiger partial charge >= 0.3 is 0 Å². The summed E-state index contributed by atoms with van der Waals surface area (Å²) >= 11 is 0. The summed E-state index contributed by atoms with van der Waals surface area (Å²) in [5, 5.41) is 4.32. The van der Waals surface area contributed by atoms with Crippen molar-refractivity contribution in [3.05, 3.63) is 72.8 Å². The highest BCUT2D eigenvalue weighted by Gasteiger charge is 2.18. The van der Waals surface area contributed by atoms with Crippen molar-refractivity contribution < 1.29 is 14.2 Å². The topological polar surface area (TPSA) is 83.3 Å². The van der Waals surface area contributed by atoms with E-state index in [9.17, 15) is 0 Å². The normalized spacial score (nSPS) is 15.5. The van der Waals surface area contributed by atoms with Gasteiger partial charge in [-0.05, 0) is 61.0 Å². The molecule has 0 amide bonds. The van der Waals surface area contributed by atoms with Gasteiger partial charge in [0.05, 0.1) is 36.1 Å². The Balaban J connectivity index is 1.23. The molecule has 6 rings (SSSR count). The van der Waals surface area contributed by atoms with Crippen molar-refractivity contribution in [2.75, 3.05) is 18.5 Å². The molecule has 1 atom stereocenters. The fraction of sp³-hybridized carbons (Fsp3) is 0.222. The van der Waals surface area contributed by atoms with Crippen LogP contribution in [-0.2, 0) is 11.8 Å². The maximum atomic E-state index is 6.15. The average Bonchev–Trinajstić information content (AvgIpc) is 3.51. The molecule has 5 aromatic rings. The van der Waals surface area contributed by atoms with Gasteiger partial charge in [-0.2, -0.15) is 0 Å². The maximum Gasteiger partial charge on any atom is 0.141 e. The number of ether oxygens (including phenoxy) is 3. The van der Waals surface area contributed by atoms with E-state index < -0.39 is 0 Å². The third-order valence-electron chi connectivity index (χ3n) is 6.16. The number of hydrogen-bond acceptors (Lipinski definition) is 7. The SMILES string of the molecule is Cc1cc(Nc2ncnc3ccc(O[C@@H]4CCOC4)cc23)ccc1Oc1ccc2c(c1)ncn2C. The van der Waals surface area contributed by atoms with E-state index in [1.165, 1.54) is 0 Å². The zero-order chi connectivity index (χ0) is 23.8. The van der Waals surface area contributed by atoms with E-state index in [0.29, 0.717) is 6.61 Å². The molecule has 1 N–H and O–H groups in total. The highest BCUT2D eigenvalue weighted by Crippen LogP contribution is 2.32. The second-order valence-electron chi connectivity index (χ2n) is 8.72. The maximum absolute atomic E-state index is 6.15. The Hall–Kier alpha value is -4.17. The van der Waals surface area contributed by atoms with Crippen molar-refractivity contribution in [2.24, 2.45) is 7.05 Å². The fourth-order valence-corrected chi connectivity index (χ4v) is 4.29. The van der Waals surface area contributed by atoms with Gasteiger partial charge in [-0.15, -0.1) is 0 Å². The van der Waals surface area contributed by atoms with Crippen LogP contribution < -0.4 is 14.8 Å². The van der Waals surface area contributed by atoms with E-state index in [2.05, 4.69) is 20.3 Å². The predicted molar refractivity (Wildman–Crippen MR) is 135 cm³/mol. The highest BCUT2D eigenvalue weighted by molar-refractivity contribution is 5.91. The van der Waals surface area contributed by atoms with E-state index in [0.717, 1.165) is 69.3 Å². The van der Waals surface area contributed by atoms with Crippen molar-refractivity contribution in [1.82, 2.24) is 19.5 Å². The quantitative estimate of drug-likeness (QED) is 0.352. The lowest BCUT2D eigenvalue weighted by atomic mass is 10.1. The van der Waals surface area contributed by atoms with E-state index in [1.54, 1.807) is 12.7 Å². The summed E-state index contributed by atoms with van der Waals surface area (Å²) < 4.78 is 19.6. The molecular weight excluding hydrogens is 442 g/mol. The third-order valence-corrected chi connectivity index (χ3v) is 6.16. The fourth-order valence-electron chi connectivity index (χ4n) is 4.29. The van der Waals surface area contributed by atoms with E-state index in [-0.39, 0.29) is 6.10 Å². The van der Waals surface area contributed by atoms with Gasteiger partial charge in [0.1, 0.15) is 35.5 Å². The molecule has 3 aromatic carbocycles. The molecule has 35 heavy (non-hydrogen) atoms. The Labute approximate surface area is 202 Å². The molecule has 8 heteroatoms. The zero-order valence-corrected chi connectivity index (χ0v) is 19.6. The Bertz CT molecular complexity index is 1520. The minimum Gasteiger partial charge on any atom is -0.488 e. The van der Waals surface area contributed by atoms with Gasteiger partial charge in [0.25, 0.3) is 0 Å². The van der Waals surface area contributed by atoms with Gasteiger partial charge in [0.2, 0.25) is 0 Å². The largest absolute Gasteiger partial charge is 0.488 e. The summed E-state index contributed by atoms with van der Waals surface area (Å²) in [4.78, 5) is 13.3. The van der Waals surface area contributed by atoms with Crippen LogP contribution in [0, 0.1) is 6.92 Å². The monoisotopic (exact) mass is 467 g/mol. The lowest BCUT2D eigenvalue weighted by Crippen LogP contribution is -2.15. The second-order valence-corrected chi connectivity index (χ2v) is 8.72. The summed E-state index contributed by atoms with van der Waals surface area (Å²) in [5.74, 6) is 3.04. The van der Waals surface area contributed by atoms with Crippen LogP contribution in [0.5, 0.6) is 17.2 Å². The minimum absolute atomic E-state index is 0.0852. The first-order valence-corrected chi connectivity index (χ1v) is 11.6. The van der Waals surface area contributed by atoms with Crippen molar-refractivity contribution in [1.29, 1.82) is 0 Å². The summed E-state index contributed by atoms with van der Waals surface area (Å²) in [6, 6.07) is 17.8. The summed E-state index contributed by atoms with van der Waals surface area (Å²) in [7, 11) is 1.98. The molecule has 176 valence electrons. The minimum atomic E-state index is 0.0852. The van der Waals surface area contributed by atoms with Gasteiger partial charge in [-0.3, -0.25) is 0 Å². The average molecular weight is 468 g/mol. The van der Waals surface area contributed by atoms with Gasteiger partial charge in [-0.1, -0.05) is 0 Å². The number of benzene rings is 3. The van der Waals surface area contributed by atoms with Gasteiger partial charge in [0, 0.05) is 30.6 Å². The molecule has 8 nitrogen and oxygen atoms in total. The summed E-state index contributed by atoms with van der Waals surface area (Å²) in [6.07, 6.45) is 4.35. The zero-order valence-electron chi connectivity index (χ0n) is 19.6. The predicted octanol–water partition coefficient (Wildman–Crippen LogP) is 5.53. The number of nitrogens with one attached hydrogen (secondary N) is 1. The molecule has 0 aliphatic carbocycles. The third kappa shape index (κ3) is 4.36. The van der Waals surface area contributed by atoms with Crippen LogP contribution in [0.4, 0.5) is 11.5 Å². The number of aromatic nitrogens is 4. The lowest BCUT2D eigenvalue weighted by molar-refractivity contribution is 0.141. The van der Waals surface area contributed by atoms with Gasteiger partial charge in [0.15, 0.2) is 0 Å². The molecular formula is C27H25N5O3.